The third-order valence-corrected chi connectivity index (χ3v) is 6.35. The molecule has 1 aromatic rings. The fourth-order valence-electron chi connectivity index (χ4n) is 3.39. The Bertz CT molecular complexity index is 777. The van der Waals surface area contributed by atoms with Gasteiger partial charge < -0.3 is 19.2 Å². The van der Waals surface area contributed by atoms with Gasteiger partial charge in [-0.25, -0.2) is 18.4 Å². The van der Waals surface area contributed by atoms with Crippen LogP contribution in [0.15, 0.2) is 39.1 Å². The summed E-state index contributed by atoms with van der Waals surface area (Å²) < 4.78 is 37.6. The molecule has 0 radical (unpaired) electrons. The summed E-state index contributed by atoms with van der Waals surface area (Å²) in [4.78, 5) is 8.59. The molecule has 1 heterocycles. The number of quaternary nitrogens is 1. The van der Waals surface area contributed by atoms with Gasteiger partial charge in [0.05, 0.1) is 50.3 Å². The molecule has 0 unspecified atom stereocenters. The lowest BCUT2D eigenvalue weighted by atomic mass is 9.96. The molecule has 0 amide bonds. The second kappa shape index (κ2) is 12.9. The predicted molar refractivity (Wildman–Crippen MR) is 116 cm³/mol. The minimum Gasteiger partial charge on any atom is -0.744 e. The van der Waals surface area contributed by atoms with Crippen molar-refractivity contribution in [2.75, 3.05) is 46.4 Å². The first kappa shape index (κ1) is 26.4. The quantitative estimate of drug-likeness (QED) is 0.394. The van der Waals surface area contributed by atoms with Crippen molar-refractivity contribution in [3.8, 4) is 0 Å². The fraction of sp³-hybridized carbons (Fsp3) is 0.667. The second-order valence-corrected chi connectivity index (χ2v) is 9.45. The van der Waals surface area contributed by atoms with E-state index < -0.39 is 10.1 Å². The summed E-state index contributed by atoms with van der Waals surface area (Å²) in [5.41, 5.74) is 0.928. The van der Waals surface area contributed by atoms with Crippen molar-refractivity contribution in [2.45, 2.75) is 50.0 Å². The normalized spacial score (nSPS) is 18.8. The van der Waals surface area contributed by atoms with Crippen molar-refractivity contribution >= 4 is 16.1 Å². The minimum absolute atomic E-state index is 0. The third-order valence-electron chi connectivity index (χ3n) is 5.50. The number of rotatable bonds is 5. The molecule has 30 heavy (non-hydrogen) atoms. The van der Waals surface area contributed by atoms with Crippen LogP contribution < -0.4 is 0 Å². The number of nitrogens with zero attached hydrogens (tertiary/aromatic N) is 3. The summed E-state index contributed by atoms with van der Waals surface area (Å²) in [6.45, 7) is 7.72. The molecule has 170 valence electrons. The van der Waals surface area contributed by atoms with Crippen molar-refractivity contribution in [3.05, 3.63) is 29.8 Å². The maximum absolute atomic E-state index is 10.4. The van der Waals surface area contributed by atoms with Gasteiger partial charge in [0.1, 0.15) is 23.2 Å². The van der Waals surface area contributed by atoms with E-state index in [0.29, 0.717) is 6.04 Å². The number of hydrogen-bond donors (Lipinski definition) is 0. The molecular formula is C21H35N3O5S. The molecule has 0 aromatic heterocycles. The molecule has 2 N–H and O–H groups in total. The molecule has 1 saturated heterocycles. The zero-order valence-corrected chi connectivity index (χ0v) is 18.9. The number of benzene rings is 1. The number of aryl methyl sites for hydroxylation is 1. The van der Waals surface area contributed by atoms with E-state index in [0.717, 1.165) is 49.4 Å². The van der Waals surface area contributed by atoms with Crippen molar-refractivity contribution in [3.63, 3.8) is 0 Å². The molecule has 2 aliphatic rings. The highest BCUT2D eigenvalue weighted by atomic mass is 32.2. The largest absolute Gasteiger partial charge is 0.744 e. The maximum Gasteiger partial charge on any atom is 0.124 e. The predicted octanol–water partition coefficient (Wildman–Crippen LogP) is 2.04. The fourth-order valence-corrected chi connectivity index (χ4v) is 3.86. The van der Waals surface area contributed by atoms with Gasteiger partial charge >= 0.3 is 0 Å². The summed E-state index contributed by atoms with van der Waals surface area (Å²) in [7, 11) is -1.98. The average Bonchev–Trinajstić information content (AvgIpc) is 2.69. The van der Waals surface area contributed by atoms with Gasteiger partial charge in [0.15, 0.2) is 0 Å². The molecule has 8 nitrogen and oxygen atoms in total. The van der Waals surface area contributed by atoms with Gasteiger partial charge in [-0.05, 0) is 31.9 Å². The van der Waals surface area contributed by atoms with Gasteiger partial charge in [-0.2, -0.15) is 0 Å². The highest BCUT2D eigenvalue weighted by Gasteiger charge is 2.24. The first-order valence-corrected chi connectivity index (χ1v) is 11.7. The SMILES string of the molecule is C[N+]1(CCN=C=NC2CCCCC2)CCOCC1.Cc1ccc(S(=O)(=O)[O-])cc1.O. The smallest absolute Gasteiger partial charge is 0.124 e. The lowest BCUT2D eigenvalue weighted by Gasteiger charge is -2.36. The standard InChI is InChI=1S/C14H26N3O.C7H8O3S.H2O/c1-17(9-11-18-12-10-17)8-7-15-13-16-14-5-3-2-4-6-14;1-6-2-4-7(5-3-6)11(8,9)10;/h14H,2-12H2,1H3;2-5H,1H3,(H,8,9,10);1H2/q+1;;/p-1. The van der Waals surface area contributed by atoms with Crippen LogP contribution in [-0.4, -0.2) is 81.4 Å². The Morgan fingerprint density at radius 2 is 1.73 bits per heavy atom. The lowest BCUT2D eigenvalue weighted by molar-refractivity contribution is -0.915. The van der Waals surface area contributed by atoms with Crippen LogP contribution in [0.25, 0.3) is 0 Å². The van der Waals surface area contributed by atoms with E-state index in [1.165, 1.54) is 44.2 Å². The number of hydrogen-bond acceptors (Lipinski definition) is 6. The number of ether oxygens (including phenoxy) is 1. The Morgan fingerprint density at radius 1 is 1.13 bits per heavy atom. The van der Waals surface area contributed by atoms with Crippen LogP contribution in [0.2, 0.25) is 0 Å². The lowest BCUT2D eigenvalue weighted by Crippen LogP contribution is -2.53. The minimum atomic E-state index is -4.27. The Kier molecular flexibility index (Phi) is 11.4. The molecule has 0 spiro atoms. The second-order valence-electron chi connectivity index (χ2n) is 8.07. The number of aliphatic imine (C=N–C) groups is 2. The average molecular weight is 442 g/mol. The van der Waals surface area contributed by atoms with Crippen LogP contribution in [0.5, 0.6) is 0 Å². The molecular weight excluding hydrogens is 406 g/mol. The van der Waals surface area contributed by atoms with Gasteiger partial charge in [-0.15, -0.1) is 0 Å². The summed E-state index contributed by atoms with van der Waals surface area (Å²) in [5.74, 6) is 0. The van der Waals surface area contributed by atoms with E-state index in [4.69, 9.17) is 4.74 Å². The van der Waals surface area contributed by atoms with Crippen LogP contribution in [0.4, 0.5) is 0 Å². The zero-order chi connectivity index (χ0) is 21.2. The summed E-state index contributed by atoms with van der Waals surface area (Å²) in [5, 5.41) is 0. The Balaban J connectivity index is 0.000000324. The molecule has 1 aliphatic heterocycles. The number of likely N-dealkylation sites (N-methyl/N-ethyl adjacent to an activating group) is 1. The highest BCUT2D eigenvalue weighted by Crippen LogP contribution is 2.19. The molecule has 2 fully saturated rings. The van der Waals surface area contributed by atoms with E-state index in [1.807, 2.05) is 6.92 Å². The van der Waals surface area contributed by atoms with Crippen molar-refractivity contribution in [1.82, 2.24) is 0 Å². The molecule has 1 aromatic carbocycles. The molecule has 1 aliphatic carbocycles. The molecule has 9 heteroatoms. The van der Waals surface area contributed by atoms with Gasteiger partial charge in [0.25, 0.3) is 0 Å². The summed E-state index contributed by atoms with van der Waals surface area (Å²) >= 11 is 0. The van der Waals surface area contributed by atoms with Gasteiger partial charge in [0.2, 0.25) is 0 Å². The maximum atomic E-state index is 10.4. The van der Waals surface area contributed by atoms with Crippen LogP contribution >= 0.6 is 0 Å². The monoisotopic (exact) mass is 441 g/mol. The van der Waals surface area contributed by atoms with Crippen molar-refractivity contribution in [1.29, 1.82) is 0 Å². The number of morpholine rings is 1. The van der Waals surface area contributed by atoms with Crippen LogP contribution in [-0.2, 0) is 14.9 Å². The molecule has 3 rings (SSSR count). The van der Waals surface area contributed by atoms with Crippen LogP contribution in [0.3, 0.4) is 0 Å². The van der Waals surface area contributed by atoms with Crippen molar-refractivity contribution < 1.29 is 27.7 Å². The molecule has 0 atom stereocenters. The van der Waals surface area contributed by atoms with E-state index >= 15 is 0 Å². The van der Waals surface area contributed by atoms with Gasteiger partial charge in [0, 0.05) is 0 Å². The van der Waals surface area contributed by atoms with Crippen molar-refractivity contribution in [2.24, 2.45) is 9.98 Å². The Labute approximate surface area is 180 Å². The Hall–Kier alpha value is -1.61. The summed E-state index contributed by atoms with van der Waals surface area (Å²) in [6, 6.07) is 9.20. The first-order valence-electron chi connectivity index (χ1n) is 10.3. The van der Waals surface area contributed by atoms with Crippen LogP contribution in [0, 0.1) is 6.92 Å². The van der Waals surface area contributed by atoms with E-state index in [-0.39, 0.29) is 10.4 Å². The topological polar surface area (TPSA) is 123 Å². The first-order chi connectivity index (χ1) is 13.8. The highest BCUT2D eigenvalue weighted by molar-refractivity contribution is 7.85. The van der Waals surface area contributed by atoms with E-state index in [2.05, 4.69) is 23.0 Å². The third kappa shape index (κ3) is 9.93. The Morgan fingerprint density at radius 3 is 2.30 bits per heavy atom. The van der Waals surface area contributed by atoms with Crippen LogP contribution in [0.1, 0.15) is 37.7 Å². The molecule has 1 saturated carbocycles. The van der Waals surface area contributed by atoms with E-state index in [9.17, 15) is 13.0 Å². The molecule has 0 bridgehead atoms. The van der Waals surface area contributed by atoms with E-state index in [1.54, 1.807) is 12.1 Å². The van der Waals surface area contributed by atoms with Gasteiger partial charge in [-0.1, -0.05) is 37.0 Å². The van der Waals surface area contributed by atoms with Gasteiger partial charge in [-0.3, -0.25) is 0 Å². The summed E-state index contributed by atoms with van der Waals surface area (Å²) in [6.07, 6.45) is 6.48. The zero-order valence-electron chi connectivity index (χ0n) is 18.0.